The predicted octanol–water partition coefficient (Wildman–Crippen LogP) is 3.79. The number of aryl methyl sites for hydroxylation is 2. The molecule has 0 bridgehead atoms. The third-order valence-corrected chi connectivity index (χ3v) is 6.75. The molecule has 1 amide bonds. The van der Waals surface area contributed by atoms with E-state index in [9.17, 15) is 17.6 Å². The minimum atomic E-state index is -3.82. The number of carbonyl (C=O) groups is 1. The first-order valence-electron chi connectivity index (χ1n) is 10.6. The number of fused-ring (bicyclic) bond motifs is 1. The SMILES string of the molecule is Cc1nc2ccc(C(=O)NCc3cccc(S(=O)(=O)NCc4cccc(F)c4)c3)cc2nc1C. The molecule has 0 saturated carbocycles. The molecule has 3 aromatic carbocycles. The smallest absolute Gasteiger partial charge is 0.251 e. The van der Waals surface area contributed by atoms with Crippen LogP contribution in [0.25, 0.3) is 11.0 Å². The summed E-state index contributed by atoms with van der Waals surface area (Å²) in [4.78, 5) is 21.7. The topological polar surface area (TPSA) is 101 Å². The van der Waals surface area contributed by atoms with Crippen molar-refractivity contribution >= 4 is 27.0 Å². The molecule has 0 radical (unpaired) electrons. The van der Waals surface area contributed by atoms with E-state index >= 15 is 0 Å². The lowest BCUT2D eigenvalue weighted by Crippen LogP contribution is -2.24. The Hall–Kier alpha value is -3.69. The summed E-state index contributed by atoms with van der Waals surface area (Å²) in [7, 11) is -3.82. The second kappa shape index (κ2) is 9.66. The summed E-state index contributed by atoms with van der Waals surface area (Å²) in [6, 6.07) is 17.1. The molecule has 1 heterocycles. The van der Waals surface area contributed by atoms with Gasteiger partial charge in [0.15, 0.2) is 0 Å². The Morgan fingerprint density at radius 2 is 1.53 bits per heavy atom. The fourth-order valence-electron chi connectivity index (χ4n) is 3.39. The first kappa shape index (κ1) is 23.5. The number of benzene rings is 3. The van der Waals surface area contributed by atoms with Crippen molar-refractivity contribution in [3.8, 4) is 0 Å². The van der Waals surface area contributed by atoms with Crippen LogP contribution in [-0.4, -0.2) is 24.3 Å². The summed E-state index contributed by atoms with van der Waals surface area (Å²) in [6.07, 6.45) is 0. The first-order valence-corrected chi connectivity index (χ1v) is 12.1. The number of halogens is 1. The monoisotopic (exact) mass is 478 g/mol. The van der Waals surface area contributed by atoms with E-state index in [-0.39, 0.29) is 23.9 Å². The lowest BCUT2D eigenvalue weighted by molar-refractivity contribution is 0.0951. The minimum Gasteiger partial charge on any atom is -0.348 e. The number of carbonyl (C=O) groups excluding carboxylic acids is 1. The van der Waals surface area contributed by atoms with E-state index in [1.54, 1.807) is 36.4 Å². The second-order valence-corrected chi connectivity index (χ2v) is 9.65. The van der Waals surface area contributed by atoms with Crippen molar-refractivity contribution in [3.63, 3.8) is 0 Å². The van der Waals surface area contributed by atoms with Gasteiger partial charge in [-0.1, -0.05) is 24.3 Å². The Bertz CT molecular complexity index is 1490. The maximum absolute atomic E-state index is 13.3. The Morgan fingerprint density at radius 1 is 0.853 bits per heavy atom. The second-order valence-electron chi connectivity index (χ2n) is 7.88. The summed E-state index contributed by atoms with van der Waals surface area (Å²) in [5.74, 6) is -0.738. The van der Waals surface area contributed by atoms with Crippen molar-refractivity contribution in [3.05, 3.63) is 101 Å². The maximum Gasteiger partial charge on any atom is 0.251 e. The van der Waals surface area contributed by atoms with Gasteiger partial charge < -0.3 is 5.32 Å². The molecule has 174 valence electrons. The molecule has 0 aliphatic heterocycles. The Morgan fingerprint density at radius 3 is 2.26 bits per heavy atom. The van der Waals surface area contributed by atoms with Gasteiger partial charge in [0.1, 0.15) is 5.82 Å². The van der Waals surface area contributed by atoms with Crippen LogP contribution in [0.1, 0.15) is 32.9 Å². The molecule has 34 heavy (non-hydrogen) atoms. The molecule has 1 aromatic heterocycles. The zero-order valence-electron chi connectivity index (χ0n) is 18.7. The van der Waals surface area contributed by atoms with E-state index in [0.29, 0.717) is 27.7 Å². The zero-order chi connectivity index (χ0) is 24.3. The number of rotatable bonds is 7. The molecule has 0 unspecified atom stereocenters. The van der Waals surface area contributed by atoms with E-state index in [1.807, 2.05) is 13.8 Å². The molecule has 0 aliphatic rings. The quantitative estimate of drug-likeness (QED) is 0.421. The van der Waals surface area contributed by atoms with Crippen molar-refractivity contribution in [1.82, 2.24) is 20.0 Å². The van der Waals surface area contributed by atoms with E-state index in [1.165, 1.54) is 30.3 Å². The lowest BCUT2D eigenvalue weighted by Gasteiger charge is -2.10. The average molecular weight is 479 g/mol. The number of aromatic nitrogens is 2. The van der Waals surface area contributed by atoms with Crippen LogP contribution in [0.15, 0.2) is 71.6 Å². The molecule has 0 saturated heterocycles. The van der Waals surface area contributed by atoms with Gasteiger partial charge in [-0.3, -0.25) is 4.79 Å². The fourth-order valence-corrected chi connectivity index (χ4v) is 4.48. The number of amides is 1. The highest BCUT2D eigenvalue weighted by Gasteiger charge is 2.15. The molecule has 4 rings (SSSR count). The van der Waals surface area contributed by atoms with Crippen LogP contribution >= 0.6 is 0 Å². The number of nitrogens with one attached hydrogen (secondary N) is 2. The lowest BCUT2D eigenvalue weighted by atomic mass is 10.1. The molecule has 2 N–H and O–H groups in total. The van der Waals surface area contributed by atoms with Crippen LogP contribution in [0.5, 0.6) is 0 Å². The largest absolute Gasteiger partial charge is 0.348 e. The molecule has 0 fully saturated rings. The van der Waals surface area contributed by atoms with E-state index in [0.717, 1.165) is 11.4 Å². The van der Waals surface area contributed by atoms with E-state index in [4.69, 9.17) is 0 Å². The Kier molecular flexibility index (Phi) is 6.67. The highest BCUT2D eigenvalue weighted by molar-refractivity contribution is 7.89. The van der Waals surface area contributed by atoms with Gasteiger partial charge >= 0.3 is 0 Å². The van der Waals surface area contributed by atoms with Crippen LogP contribution in [0.2, 0.25) is 0 Å². The number of hydrogen-bond acceptors (Lipinski definition) is 5. The molecular weight excluding hydrogens is 455 g/mol. The highest BCUT2D eigenvalue weighted by atomic mass is 32.2. The van der Waals surface area contributed by atoms with Gasteiger partial charge in [-0.25, -0.2) is 27.5 Å². The van der Waals surface area contributed by atoms with Crippen LogP contribution in [0.3, 0.4) is 0 Å². The molecule has 4 aromatic rings. The first-order chi connectivity index (χ1) is 16.2. The molecule has 0 aliphatic carbocycles. The van der Waals surface area contributed by atoms with E-state index in [2.05, 4.69) is 20.0 Å². The van der Waals surface area contributed by atoms with Gasteiger partial charge in [-0.2, -0.15) is 0 Å². The van der Waals surface area contributed by atoms with Gasteiger partial charge in [-0.15, -0.1) is 0 Å². The molecule has 0 atom stereocenters. The van der Waals surface area contributed by atoms with Crippen LogP contribution in [0, 0.1) is 19.7 Å². The van der Waals surface area contributed by atoms with Crippen LogP contribution in [0.4, 0.5) is 4.39 Å². The fraction of sp³-hybridized carbons (Fsp3) is 0.160. The van der Waals surface area contributed by atoms with Crippen molar-refractivity contribution in [2.75, 3.05) is 0 Å². The highest BCUT2D eigenvalue weighted by Crippen LogP contribution is 2.16. The molecule has 7 nitrogen and oxygen atoms in total. The summed E-state index contributed by atoms with van der Waals surface area (Å²) in [5.41, 5.74) is 4.55. The summed E-state index contributed by atoms with van der Waals surface area (Å²) < 4.78 is 41.1. The predicted molar refractivity (Wildman–Crippen MR) is 127 cm³/mol. The van der Waals surface area contributed by atoms with Crippen molar-refractivity contribution in [2.45, 2.75) is 31.8 Å². The van der Waals surface area contributed by atoms with E-state index < -0.39 is 15.8 Å². The number of sulfonamides is 1. The third kappa shape index (κ3) is 5.44. The zero-order valence-corrected chi connectivity index (χ0v) is 19.5. The number of hydrogen-bond donors (Lipinski definition) is 2. The normalized spacial score (nSPS) is 11.5. The van der Waals surface area contributed by atoms with Gasteiger partial charge in [0, 0.05) is 18.7 Å². The number of nitrogens with zero attached hydrogens (tertiary/aromatic N) is 2. The minimum absolute atomic E-state index is 0.0368. The van der Waals surface area contributed by atoms with Crippen LogP contribution in [-0.2, 0) is 23.1 Å². The van der Waals surface area contributed by atoms with Crippen molar-refractivity contribution in [2.24, 2.45) is 0 Å². The van der Waals surface area contributed by atoms with Gasteiger partial charge in [0.2, 0.25) is 10.0 Å². The maximum atomic E-state index is 13.3. The van der Waals surface area contributed by atoms with Crippen molar-refractivity contribution < 1.29 is 17.6 Å². The van der Waals surface area contributed by atoms with Gasteiger partial charge in [0.25, 0.3) is 5.91 Å². The summed E-state index contributed by atoms with van der Waals surface area (Å²) in [6.45, 7) is 3.85. The molecule has 9 heteroatoms. The standard InChI is InChI=1S/C25H23FN4O3S/c1-16-17(2)30-24-13-20(9-10-23(24)29-16)25(31)27-14-19-6-4-8-22(12-19)34(32,33)28-15-18-5-3-7-21(26)11-18/h3-13,28H,14-15H2,1-2H3,(H,27,31). The van der Waals surface area contributed by atoms with Crippen molar-refractivity contribution in [1.29, 1.82) is 0 Å². The Labute approximate surface area is 197 Å². The van der Waals surface area contributed by atoms with Gasteiger partial charge in [-0.05, 0) is 67.4 Å². The Balaban J connectivity index is 1.43. The molecule has 0 spiro atoms. The van der Waals surface area contributed by atoms with Gasteiger partial charge in [0.05, 0.1) is 27.3 Å². The summed E-state index contributed by atoms with van der Waals surface area (Å²) in [5, 5.41) is 2.80. The summed E-state index contributed by atoms with van der Waals surface area (Å²) >= 11 is 0. The third-order valence-electron chi connectivity index (χ3n) is 5.35. The molecular formula is C25H23FN4O3S. The average Bonchev–Trinajstić information content (AvgIpc) is 2.82. The van der Waals surface area contributed by atoms with Crippen LogP contribution < -0.4 is 10.0 Å².